The summed E-state index contributed by atoms with van der Waals surface area (Å²) in [6.45, 7) is 1.89. The minimum absolute atomic E-state index is 0.0917. The molecule has 4 rings (SSSR count). The molecule has 25 heavy (non-hydrogen) atoms. The summed E-state index contributed by atoms with van der Waals surface area (Å²) >= 11 is 3.04. The number of H-pyrrole nitrogens is 1. The van der Waals surface area contributed by atoms with E-state index < -0.39 is 9.84 Å². The molecule has 2 N–H and O–H groups in total. The molecule has 0 bridgehead atoms. The van der Waals surface area contributed by atoms with Gasteiger partial charge < -0.3 is 10.3 Å². The van der Waals surface area contributed by atoms with Gasteiger partial charge in [0, 0.05) is 21.9 Å². The molecule has 0 saturated carbocycles. The van der Waals surface area contributed by atoms with Crippen molar-refractivity contribution in [1.29, 1.82) is 0 Å². The first kappa shape index (κ1) is 16.9. The molecule has 0 spiro atoms. The van der Waals surface area contributed by atoms with Crippen molar-refractivity contribution < 1.29 is 8.42 Å². The van der Waals surface area contributed by atoms with Gasteiger partial charge in [0.2, 0.25) is 0 Å². The molecule has 3 aromatic rings. The number of rotatable bonds is 4. The number of aromatic nitrogens is 2. The summed E-state index contributed by atoms with van der Waals surface area (Å²) in [7, 11) is -2.94. The minimum atomic E-state index is -2.94. The van der Waals surface area contributed by atoms with Crippen LogP contribution in [-0.4, -0.2) is 35.9 Å². The average molecular weight is 396 g/mol. The Morgan fingerprint density at radius 3 is 2.92 bits per heavy atom. The molecule has 0 radical (unpaired) electrons. The molecule has 1 saturated heterocycles. The molecule has 4 heterocycles. The second kappa shape index (κ2) is 6.31. The van der Waals surface area contributed by atoms with Gasteiger partial charge in [0.15, 0.2) is 9.84 Å². The summed E-state index contributed by atoms with van der Waals surface area (Å²) in [6.07, 6.45) is 0.598. The van der Waals surface area contributed by atoms with Crippen LogP contribution in [0.5, 0.6) is 0 Å². The highest BCUT2D eigenvalue weighted by molar-refractivity contribution is 7.91. The fraction of sp³-hybridized carbons (Fsp3) is 0.375. The molecule has 0 aliphatic carbocycles. The zero-order chi connectivity index (χ0) is 17.6. The van der Waals surface area contributed by atoms with Crippen molar-refractivity contribution >= 4 is 42.7 Å². The summed E-state index contributed by atoms with van der Waals surface area (Å²) in [5, 5.41) is 7.83. The van der Waals surface area contributed by atoms with Crippen molar-refractivity contribution in [3.63, 3.8) is 0 Å². The molecule has 6 nitrogen and oxygen atoms in total. The van der Waals surface area contributed by atoms with Crippen LogP contribution in [0.2, 0.25) is 0 Å². The van der Waals surface area contributed by atoms with Gasteiger partial charge in [-0.05, 0) is 24.8 Å². The van der Waals surface area contributed by atoms with Crippen molar-refractivity contribution in [3.8, 4) is 10.4 Å². The van der Waals surface area contributed by atoms with Crippen molar-refractivity contribution in [2.45, 2.75) is 25.4 Å². The van der Waals surface area contributed by atoms with Crippen molar-refractivity contribution in [2.75, 3.05) is 11.5 Å². The summed E-state index contributed by atoms with van der Waals surface area (Å²) < 4.78 is 23.2. The zero-order valence-electron chi connectivity index (χ0n) is 13.5. The van der Waals surface area contributed by atoms with Crippen molar-refractivity contribution in [3.05, 3.63) is 39.1 Å². The Hall–Kier alpha value is -1.55. The third-order valence-electron chi connectivity index (χ3n) is 4.38. The number of nitrogens with zero attached hydrogens (tertiary/aromatic N) is 1. The Morgan fingerprint density at radius 1 is 1.40 bits per heavy atom. The van der Waals surface area contributed by atoms with E-state index in [4.69, 9.17) is 0 Å². The molecule has 1 aliphatic rings. The highest BCUT2D eigenvalue weighted by Crippen LogP contribution is 2.33. The first-order chi connectivity index (χ1) is 11.9. The number of aromatic amines is 1. The minimum Gasteiger partial charge on any atom is -0.309 e. The van der Waals surface area contributed by atoms with Gasteiger partial charge in [-0.25, -0.2) is 13.4 Å². The molecule has 0 aromatic carbocycles. The lowest BCUT2D eigenvalue weighted by Gasteiger charge is -2.17. The molecular formula is C16H17N3O3S3. The number of hydrogen-bond donors (Lipinski definition) is 2. The summed E-state index contributed by atoms with van der Waals surface area (Å²) in [5.74, 6) is 0.905. The highest BCUT2D eigenvalue weighted by Gasteiger charge is 2.29. The van der Waals surface area contributed by atoms with Gasteiger partial charge in [0.25, 0.3) is 5.56 Å². The number of thiophene rings is 2. The largest absolute Gasteiger partial charge is 0.309 e. The first-order valence-electron chi connectivity index (χ1n) is 7.95. The van der Waals surface area contributed by atoms with E-state index in [0.717, 1.165) is 10.4 Å². The van der Waals surface area contributed by atoms with Crippen molar-refractivity contribution in [2.24, 2.45) is 0 Å². The van der Waals surface area contributed by atoms with E-state index in [2.05, 4.69) is 15.3 Å². The fourth-order valence-corrected chi connectivity index (χ4v) is 6.60. The molecule has 9 heteroatoms. The SMILES string of the molecule is C[C@@H](N[C@@H]1CCS(=O)(=O)C1)c1nc2scc(-c3cccs3)c2c(=O)[nH]1. The standard InChI is InChI=1S/C16H17N3O3S3/c1-9(17-10-4-6-25(21,22)8-10)14-18-15(20)13-11(7-24-16(13)19-14)12-3-2-5-23-12/h2-3,5,7,9-10,17H,4,6,8H2,1H3,(H,18,19,20)/t9-,10-/m1/s1. The highest BCUT2D eigenvalue weighted by atomic mass is 32.2. The topological polar surface area (TPSA) is 91.9 Å². The maximum Gasteiger partial charge on any atom is 0.260 e. The molecule has 1 aliphatic heterocycles. The Kier molecular flexibility index (Phi) is 4.27. The molecule has 0 unspecified atom stereocenters. The van der Waals surface area contributed by atoms with Crippen LogP contribution in [0.15, 0.2) is 27.7 Å². The van der Waals surface area contributed by atoms with Gasteiger partial charge in [0.1, 0.15) is 10.7 Å². The van der Waals surface area contributed by atoms with E-state index >= 15 is 0 Å². The van der Waals surface area contributed by atoms with Crippen LogP contribution >= 0.6 is 22.7 Å². The van der Waals surface area contributed by atoms with Crippen LogP contribution in [0.4, 0.5) is 0 Å². The number of nitrogens with one attached hydrogen (secondary N) is 2. The monoisotopic (exact) mass is 395 g/mol. The molecule has 0 amide bonds. The zero-order valence-corrected chi connectivity index (χ0v) is 15.9. The molecular weight excluding hydrogens is 378 g/mol. The summed E-state index contributed by atoms with van der Waals surface area (Å²) in [5.41, 5.74) is 0.759. The van der Waals surface area contributed by atoms with E-state index in [9.17, 15) is 13.2 Å². The Balaban J connectivity index is 1.64. The second-order valence-corrected chi connectivity index (χ2v) is 10.3. The lowest BCUT2D eigenvalue weighted by atomic mass is 10.2. The lowest BCUT2D eigenvalue weighted by Crippen LogP contribution is -2.34. The van der Waals surface area contributed by atoms with E-state index in [-0.39, 0.29) is 29.1 Å². The van der Waals surface area contributed by atoms with Crippen LogP contribution in [0.3, 0.4) is 0 Å². The number of fused-ring (bicyclic) bond motifs is 1. The van der Waals surface area contributed by atoms with Crippen LogP contribution in [-0.2, 0) is 9.84 Å². The van der Waals surface area contributed by atoms with E-state index in [1.165, 1.54) is 11.3 Å². The predicted molar refractivity (Wildman–Crippen MR) is 102 cm³/mol. The quantitative estimate of drug-likeness (QED) is 0.708. The maximum atomic E-state index is 12.6. The van der Waals surface area contributed by atoms with Crippen LogP contribution < -0.4 is 10.9 Å². The normalized spacial score (nSPS) is 20.9. The first-order valence-corrected chi connectivity index (χ1v) is 11.5. The van der Waals surface area contributed by atoms with Gasteiger partial charge in [0.05, 0.1) is 22.9 Å². The lowest BCUT2D eigenvalue weighted by molar-refractivity contribution is 0.469. The Bertz CT molecular complexity index is 1070. The van der Waals surface area contributed by atoms with Crippen LogP contribution in [0.25, 0.3) is 20.7 Å². The van der Waals surface area contributed by atoms with Gasteiger partial charge >= 0.3 is 0 Å². The van der Waals surface area contributed by atoms with Crippen LogP contribution in [0.1, 0.15) is 25.2 Å². The van der Waals surface area contributed by atoms with E-state index in [1.807, 2.05) is 29.8 Å². The fourth-order valence-electron chi connectivity index (χ4n) is 3.14. The third-order valence-corrected chi connectivity index (χ3v) is 7.92. The van der Waals surface area contributed by atoms with Crippen LogP contribution in [0, 0.1) is 0 Å². The van der Waals surface area contributed by atoms with Gasteiger partial charge in [-0.2, -0.15) is 0 Å². The molecule has 3 aromatic heterocycles. The molecule has 2 atom stereocenters. The second-order valence-electron chi connectivity index (χ2n) is 6.25. The number of sulfone groups is 1. The van der Waals surface area contributed by atoms with Gasteiger partial charge in [-0.3, -0.25) is 4.79 Å². The molecule has 132 valence electrons. The Morgan fingerprint density at radius 2 is 2.24 bits per heavy atom. The smallest absolute Gasteiger partial charge is 0.260 e. The Labute approximate surface area is 152 Å². The van der Waals surface area contributed by atoms with Crippen molar-refractivity contribution in [1.82, 2.24) is 15.3 Å². The maximum absolute atomic E-state index is 12.6. The van der Waals surface area contributed by atoms with E-state index in [1.54, 1.807) is 11.3 Å². The van der Waals surface area contributed by atoms with Gasteiger partial charge in [-0.15, -0.1) is 22.7 Å². The summed E-state index contributed by atoms with van der Waals surface area (Å²) in [4.78, 5) is 21.8. The summed E-state index contributed by atoms with van der Waals surface area (Å²) in [6, 6.07) is 3.64. The number of hydrogen-bond acceptors (Lipinski definition) is 7. The predicted octanol–water partition coefficient (Wildman–Crippen LogP) is 2.55. The van der Waals surface area contributed by atoms with E-state index in [0.29, 0.717) is 22.5 Å². The average Bonchev–Trinajstić information content (AvgIpc) is 3.26. The molecule has 1 fully saturated rings. The van der Waals surface area contributed by atoms with Gasteiger partial charge in [-0.1, -0.05) is 6.07 Å². The third kappa shape index (κ3) is 3.29.